The van der Waals surface area contributed by atoms with Crippen LogP contribution in [0.3, 0.4) is 0 Å². The summed E-state index contributed by atoms with van der Waals surface area (Å²) in [6, 6.07) is 9.83. The fourth-order valence-corrected chi connectivity index (χ4v) is 1.97. The van der Waals surface area contributed by atoms with Gasteiger partial charge in [0.05, 0.1) is 6.61 Å². The minimum Gasteiger partial charge on any atom is -0.347 e. The average molecular weight is 220 g/mol. The maximum absolute atomic E-state index is 11.2. The van der Waals surface area contributed by atoms with Gasteiger partial charge in [-0.05, 0) is 19.4 Å². The first kappa shape index (κ1) is 11.3. The Morgan fingerprint density at radius 1 is 1.31 bits per heavy atom. The van der Waals surface area contributed by atoms with Crippen molar-refractivity contribution in [1.29, 1.82) is 0 Å². The molecule has 3 heteroatoms. The predicted octanol–water partition coefficient (Wildman–Crippen LogP) is 1.95. The van der Waals surface area contributed by atoms with Crippen LogP contribution in [0.25, 0.3) is 0 Å². The molecule has 0 spiro atoms. The van der Waals surface area contributed by atoms with Crippen molar-refractivity contribution in [2.24, 2.45) is 0 Å². The zero-order valence-electron chi connectivity index (χ0n) is 9.60. The molecule has 1 fully saturated rings. The van der Waals surface area contributed by atoms with Crippen LogP contribution in [0.1, 0.15) is 19.4 Å². The summed E-state index contributed by atoms with van der Waals surface area (Å²) in [5, 5.41) is 0. The van der Waals surface area contributed by atoms with Gasteiger partial charge in [-0.2, -0.15) is 0 Å². The summed E-state index contributed by atoms with van der Waals surface area (Å²) in [5.74, 6) is -0.671. The molecule has 0 amide bonds. The van der Waals surface area contributed by atoms with Gasteiger partial charge >= 0.3 is 0 Å². The van der Waals surface area contributed by atoms with E-state index in [1.54, 1.807) is 0 Å². The smallest absolute Gasteiger partial charge is 0.164 e. The van der Waals surface area contributed by atoms with Gasteiger partial charge in [0.2, 0.25) is 0 Å². The van der Waals surface area contributed by atoms with E-state index in [-0.39, 0.29) is 0 Å². The highest BCUT2D eigenvalue weighted by molar-refractivity contribution is 5.64. The third kappa shape index (κ3) is 2.31. The number of carbonyl (C=O) groups excluding carboxylic acids is 1. The number of ether oxygens (including phenoxy) is 2. The van der Waals surface area contributed by atoms with Gasteiger partial charge in [0, 0.05) is 6.42 Å². The lowest BCUT2D eigenvalue weighted by Gasteiger charge is -2.23. The highest BCUT2D eigenvalue weighted by Crippen LogP contribution is 2.32. The Morgan fingerprint density at radius 2 is 2.00 bits per heavy atom. The topological polar surface area (TPSA) is 35.5 Å². The van der Waals surface area contributed by atoms with E-state index in [1.165, 1.54) is 0 Å². The zero-order valence-corrected chi connectivity index (χ0v) is 9.60. The van der Waals surface area contributed by atoms with E-state index in [0.717, 1.165) is 11.8 Å². The third-order valence-electron chi connectivity index (χ3n) is 2.67. The Labute approximate surface area is 95.4 Å². The molecule has 0 aliphatic carbocycles. The van der Waals surface area contributed by atoms with Crippen LogP contribution in [0.4, 0.5) is 0 Å². The lowest BCUT2D eigenvalue weighted by atomic mass is 9.97. The van der Waals surface area contributed by atoms with Crippen molar-refractivity contribution in [3.63, 3.8) is 0 Å². The molecule has 0 N–H and O–H groups in total. The van der Waals surface area contributed by atoms with Gasteiger partial charge in [0.15, 0.2) is 17.7 Å². The van der Waals surface area contributed by atoms with Gasteiger partial charge in [0.25, 0.3) is 0 Å². The van der Waals surface area contributed by atoms with Crippen LogP contribution >= 0.6 is 0 Å². The second-order valence-corrected chi connectivity index (χ2v) is 4.64. The summed E-state index contributed by atoms with van der Waals surface area (Å²) < 4.78 is 11.2. The Bertz CT molecular complexity index is 372. The quantitative estimate of drug-likeness (QED) is 0.730. The van der Waals surface area contributed by atoms with Crippen molar-refractivity contribution in [1.82, 2.24) is 0 Å². The molecule has 1 aliphatic rings. The van der Waals surface area contributed by atoms with E-state index in [0.29, 0.717) is 13.0 Å². The molecule has 1 aromatic rings. The average Bonchev–Trinajstić information content (AvgIpc) is 2.57. The molecule has 0 unspecified atom stereocenters. The molecule has 0 bridgehead atoms. The van der Waals surface area contributed by atoms with E-state index in [9.17, 15) is 4.79 Å². The van der Waals surface area contributed by atoms with Crippen molar-refractivity contribution >= 4 is 6.29 Å². The molecule has 3 nitrogen and oxygen atoms in total. The summed E-state index contributed by atoms with van der Waals surface area (Å²) in [5.41, 5.74) is 0.251. The second-order valence-electron chi connectivity index (χ2n) is 4.64. The molecular formula is C13H16O3. The van der Waals surface area contributed by atoms with Crippen LogP contribution in [0.5, 0.6) is 0 Å². The molecule has 0 radical (unpaired) electrons. The fraction of sp³-hybridized carbons (Fsp3) is 0.462. The van der Waals surface area contributed by atoms with Crippen molar-refractivity contribution in [2.75, 3.05) is 6.61 Å². The fourth-order valence-electron chi connectivity index (χ4n) is 1.97. The predicted molar refractivity (Wildman–Crippen MR) is 60.1 cm³/mol. The number of hydrogen-bond acceptors (Lipinski definition) is 3. The Kier molecular flexibility index (Phi) is 2.82. The van der Waals surface area contributed by atoms with E-state index in [2.05, 4.69) is 0 Å². The highest BCUT2D eigenvalue weighted by atomic mass is 16.8. The van der Waals surface area contributed by atoms with Gasteiger partial charge < -0.3 is 14.3 Å². The molecule has 1 atom stereocenters. The Hall–Kier alpha value is -1.19. The highest BCUT2D eigenvalue weighted by Gasteiger charge is 2.45. The van der Waals surface area contributed by atoms with Crippen molar-refractivity contribution < 1.29 is 14.3 Å². The minimum absolute atomic E-state index is 0.318. The summed E-state index contributed by atoms with van der Waals surface area (Å²) in [6.07, 6.45) is 1.41. The van der Waals surface area contributed by atoms with Crippen LogP contribution in [-0.2, 0) is 20.7 Å². The van der Waals surface area contributed by atoms with Crippen molar-refractivity contribution in [2.45, 2.75) is 31.7 Å². The van der Waals surface area contributed by atoms with E-state index >= 15 is 0 Å². The monoisotopic (exact) mass is 220 g/mol. The number of rotatable bonds is 3. The molecule has 2 rings (SSSR count). The molecule has 1 saturated heterocycles. The van der Waals surface area contributed by atoms with Crippen LogP contribution in [0.15, 0.2) is 30.3 Å². The summed E-state index contributed by atoms with van der Waals surface area (Å²) in [6.45, 7) is 3.96. The first-order valence-electron chi connectivity index (χ1n) is 5.40. The van der Waals surface area contributed by atoms with Gasteiger partial charge in [0.1, 0.15) is 0 Å². The molecule has 1 aliphatic heterocycles. The summed E-state index contributed by atoms with van der Waals surface area (Å²) in [4.78, 5) is 11.2. The standard InChI is InChI=1S/C13H16O3/c1-12(2)15-10-13(9-14,16-12)8-11-6-4-3-5-7-11/h3-7,9H,8,10H2,1-2H3/t13-/m1/s1. The Morgan fingerprint density at radius 3 is 2.50 bits per heavy atom. The zero-order chi connectivity index (χ0) is 11.6. The van der Waals surface area contributed by atoms with Gasteiger partial charge in [-0.25, -0.2) is 0 Å². The largest absolute Gasteiger partial charge is 0.347 e. The lowest BCUT2D eigenvalue weighted by Crippen LogP contribution is -2.38. The molecule has 86 valence electrons. The third-order valence-corrected chi connectivity index (χ3v) is 2.67. The van der Waals surface area contributed by atoms with Gasteiger partial charge in [-0.3, -0.25) is 0 Å². The number of hydrogen-bond donors (Lipinski definition) is 0. The molecule has 0 saturated carbocycles. The minimum atomic E-state index is -0.829. The normalized spacial score (nSPS) is 27.9. The maximum atomic E-state index is 11.2. The van der Waals surface area contributed by atoms with Crippen molar-refractivity contribution in [3.8, 4) is 0 Å². The van der Waals surface area contributed by atoms with E-state index in [4.69, 9.17) is 9.47 Å². The van der Waals surface area contributed by atoms with E-state index in [1.807, 2.05) is 44.2 Å². The molecular weight excluding hydrogens is 204 g/mol. The van der Waals surface area contributed by atoms with Crippen molar-refractivity contribution in [3.05, 3.63) is 35.9 Å². The van der Waals surface area contributed by atoms with Crippen LogP contribution < -0.4 is 0 Å². The first-order valence-corrected chi connectivity index (χ1v) is 5.40. The van der Waals surface area contributed by atoms with Gasteiger partial charge in [-0.15, -0.1) is 0 Å². The lowest BCUT2D eigenvalue weighted by molar-refractivity contribution is -0.164. The summed E-state index contributed by atoms with van der Waals surface area (Å²) in [7, 11) is 0. The van der Waals surface area contributed by atoms with E-state index < -0.39 is 11.4 Å². The molecule has 0 aromatic heterocycles. The van der Waals surface area contributed by atoms with Crippen LogP contribution in [0.2, 0.25) is 0 Å². The Balaban J connectivity index is 2.16. The number of carbonyl (C=O) groups is 1. The molecule has 16 heavy (non-hydrogen) atoms. The van der Waals surface area contributed by atoms with Crippen LogP contribution in [-0.4, -0.2) is 24.3 Å². The summed E-state index contributed by atoms with van der Waals surface area (Å²) >= 11 is 0. The van der Waals surface area contributed by atoms with Gasteiger partial charge in [-0.1, -0.05) is 30.3 Å². The second kappa shape index (κ2) is 4.00. The molecule has 1 aromatic carbocycles. The first-order chi connectivity index (χ1) is 7.55. The molecule has 1 heterocycles. The number of aldehydes is 1. The SMILES string of the molecule is CC1(C)OC[C@](C=O)(Cc2ccccc2)O1. The maximum Gasteiger partial charge on any atom is 0.164 e. The van der Waals surface area contributed by atoms with Crippen LogP contribution in [0, 0.1) is 0 Å². The number of benzene rings is 1.